The van der Waals surface area contributed by atoms with Crippen molar-refractivity contribution in [2.75, 3.05) is 0 Å². The molecule has 0 aliphatic carbocycles. The third-order valence-corrected chi connectivity index (χ3v) is 3.56. The molecule has 1 N–H and O–H groups in total. The van der Waals surface area contributed by atoms with Gasteiger partial charge < -0.3 is 4.98 Å². The Balaban J connectivity index is 2.54. The zero-order valence-corrected chi connectivity index (χ0v) is 11.3. The molecule has 3 heteroatoms. The van der Waals surface area contributed by atoms with Crippen LogP contribution in [-0.4, -0.2) is 9.97 Å². The van der Waals surface area contributed by atoms with Crippen LogP contribution in [0, 0.1) is 6.92 Å². The summed E-state index contributed by atoms with van der Waals surface area (Å²) < 4.78 is 0. The van der Waals surface area contributed by atoms with Crippen molar-refractivity contribution >= 4 is 21.8 Å². The van der Waals surface area contributed by atoms with Crippen molar-refractivity contribution in [1.82, 2.24) is 9.97 Å². The number of aromatic nitrogens is 2. The fourth-order valence-corrected chi connectivity index (χ4v) is 2.73. The summed E-state index contributed by atoms with van der Waals surface area (Å²) in [7, 11) is 0. The lowest BCUT2D eigenvalue weighted by Crippen LogP contribution is -2.14. The molecule has 3 aromatic rings. The van der Waals surface area contributed by atoms with Crippen molar-refractivity contribution < 1.29 is 0 Å². The minimum Gasteiger partial charge on any atom is -0.356 e. The van der Waals surface area contributed by atoms with Gasteiger partial charge >= 0.3 is 0 Å². The molecule has 0 saturated carbocycles. The average Bonchev–Trinajstić information content (AvgIpc) is 2.38. The third-order valence-electron chi connectivity index (χ3n) is 3.56. The molecule has 0 aliphatic heterocycles. The van der Waals surface area contributed by atoms with Crippen molar-refractivity contribution in [3.05, 3.63) is 51.9 Å². The Bertz CT molecular complexity index is 831. The highest BCUT2D eigenvalue weighted by atomic mass is 16.1. The van der Waals surface area contributed by atoms with Crippen LogP contribution in [0.4, 0.5) is 0 Å². The van der Waals surface area contributed by atoms with E-state index < -0.39 is 0 Å². The molecule has 0 atom stereocenters. The quantitative estimate of drug-likeness (QED) is 0.674. The van der Waals surface area contributed by atoms with Crippen LogP contribution < -0.4 is 5.43 Å². The Morgan fingerprint density at radius 1 is 1.21 bits per heavy atom. The number of aryl methyl sites for hydroxylation is 1. The smallest absolute Gasteiger partial charge is 0.193 e. The number of benzene rings is 1. The second-order valence-electron chi connectivity index (χ2n) is 5.21. The molecule has 3 nitrogen and oxygen atoms in total. The largest absolute Gasteiger partial charge is 0.356 e. The third kappa shape index (κ3) is 1.73. The van der Waals surface area contributed by atoms with Crippen LogP contribution in [0.15, 0.2) is 35.3 Å². The normalized spacial score (nSPS) is 11.6. The number of nitrogens with one attached hydrogen (secondary N) is 1. The number of rotatable bonds is 1. The molecule has 2 aromatic heterocycles. The molecule has 0 fully saturated rings. The molecular formula is C16H16N2O. The topological polar surface area (TPSA) is 45.8 Å². The second-order valence-corrected chi connectivity index (χ2v) is 5.21. The van der Waals surface area contributed by atoms with Crippen molar-refractivity contribution in [1.29, 1.82) is 0 Å². The number of fused-ring (bicyclic) bond motifs is 3. The molecule has 0 saturated heterocycles. The van der Waals surface area contributed by atoms with Gasteiger partial charge in [0.1, 0.15) is 0 Å². The first-order valence-corrected chi connectivity index (χ1v) is 6.50. The van der Waals surface area contributed by atoms with Gasteiger partial charge in [0.15, 0.2) is 5.43 Å². The fraction of sp³-hybridized carbons (Fsp3) is 0.250. The Kier molecular flexibility index (Phi) is 2.63. The van der Waals surface area contributed by atoms with E-state index in [9.17, 15) is 4.79 Å². The summed E-state index contributed by atoms with van der Waals surface area (Å²) in [5, 5.41) is 1.77. The number of hydrogen-bond acceptors (Lipinski definition) is 2. The van der Waals surface area contributed by atoms with Crippen LogP contribution in [0.1, 0.15) is 31.0 Å². The van der Waals surface area contributed by atoms with Crippen molar-refractivity contribution in [3.63, 3.8) is 0 Å². The lowest BCUT2D eigenvalue weighted by atomic mass is 9.98. The summed E-state index contributed by atoms with van der Waals surface area (Å²) in [4.78, 5) is 20.3. The molecule has 19 heavy (non-hydrogen) atoms. The van der Waals surface area contributed by atoms with Gasteiger partial charge in [-0.25, -0.2) is 0 Å². The second kappa shape index (κ2) is 4.19. The monoisotopic (exact) mass is 252 g/mol. The van der Waals surface area contributed by atoms with Gasteiger partial charge in [0, 0.05) is 28.2 Å². The highest BCUT2D eigenvalue weighted by Gasteiger charge is 2.14. The SMILES string of the molecule is Cc1[nH]c2c(ccc3cccnc32)c(=O)c1C(C)C. The number of hydrogen-bond donors (Lipinski definition) is 1. The van der Waals surface area contributed by atoms with E-state index in [0.717, 1.165) is 33.1 Å². The van der Waals surface area contributed by atoms with E-state index in [1.807, 2.05) is 45.0 Å². The van der Waals surface area contributed by atoms with Crippen LogP contribution in [-0.2, 0) is 0 Å². The number of nitrogens with zero attached hydrogens (tertiary/aromatic N) is 1. The van der Waals surface area contributed by atoms with E-state index in [2.05, 4.69) is 9.97 Å². The minimum absolute atomic E-state index is 0.119. The predicted octanol–water partition coefficient (Wildman–Crippen LogP) is 3.51. The van der Waals surface area contributed by atoms with E-state index in [1.54, 1.807) is 6.20 Å². The Morgan fingerprint density at radius 3 is 2.74 bits per heavy atom. The summed E-state index contributed by atoms with van der Waals surface area (Å²) in [6.45, 7) is 6.04. The number of aromatic amines is 1. The lowest BCUT2D eigenvalue weighted by molar-refractivity contribution is 0.839. The first-order chi connectivity index (χ1) is 9.09. The van der Waals surface area contributed by atoms with Crippen LogP contribution in [0.25, 0.3) is 21.8 Å². The fourth-order valence-electron chi connectivity index (χ4n) is 2.73. The Labute approximate surface area is 111 Å². The first-order valence-electron chi connectivity index (χ1n) is 6.50. The molecule has 0 bridgehead atoms. The summed E-state index contributed by atoms with van der Waals surface area (Å²) in [6.07, 6.45) is 1.76. The van der Waals surface area contributed by atoms with Crippen LogP contribution in [0.2, 0.25) is 0 Å². The number of pyridine rings is 2. The Morgan fingerprint density at radius 2 is 2.00 bits per heavy atom. The summed E-state index contributed by atoms with van der Waals surface area (Å²) in [5.74, 6) is 0.215. The van der Waals surface area contributed by atoms with Crippen molar-refractivity contribution in [2.24, 2.45) is 0 Å². The van der Waals surface area contributed by atoms with Gasteiger partial charge in [-0.05, 0) is 25.0 Å². The first kappa shape index (κ1) is 11.9. The van der Waals surface area contributed by atoms with E-state index in [1.165, 1.54) is 0 Å². The minimum atomic E-state index is 0.119. The molecule has 0 radical (unpaired) electrons. The molecule has 1 aromatic carbocycles. The zero-order valence-electron chi connectivity index (χ0n) is 11.3. The van der Waals surface area contributed by atoms with Gasteiger partial charge in [-0.2, -0.15) is 0 Å². The van der Waals surface area contributed by atoms with E-state index >= 15 is 0 Å². The van der Waals surface area contributed by atoms with E-state index in [-0.39, 0.29) is 11.3 Å². The van der Waals surface area contributed by atoms with Crippen LogP contribution in [0.5, 0.6) is 0 Å². The maximum Gasteiger partial charge on any atom is 0.193 e. The molecule has 0 unspecified atom stereocenters. The highest BCUT2D eigenvalue weighted by Crippen LogP contribution is 2.23. The van der Waals surface area contributed by atoms with Gasteiger partial charge in [-0.15, -0.1) is 0 Å². The van der Waals surface area contributed by atoms with E-state index in [4.69, 9.17) is 0 Å². The summed E-state index contributed by atoms with van der Waals surface area (Å²) >= 11 is 0. The molecule has 96 valence electrons. The maximum atomic E-state index is 12.6. The molecule has 0 spiro atoms. The maximum absolute atomic E-state index is 12.6. The predicted molar refractivity (Wildman–Crippen MR) is 78.7 cm³/mol. The van der Waals surface area contributed by atoms with Gasteiger partial charge in [-0.1, -0.05) is 26.0 Å². The van der Waals surface area contributed by atoms with Gasteiger partial charge in [0.2, 0.25) is 0 Å². The van der Waals surface area contributed by atoms with Gasteiger partial charge in [0.05, 0.1) is 11.0 Å². The van der Waals surface area contributed by atoms with Crippen molar-refractivity contribution in [3.8, 4) is 0 Å². The molecule has 0 aliphatic rings. The molecule has 2 heterocycles. The number of H-pyrrole nitrogens is 1. The van der Waals surface area contributed by atoms with Crippen molar-refractivity contribution in [2.45, 2.75) is 26.7 Å². The standard InChI is InChI=1S/C16H16N2O/c1-9(2)13-10(3)18-15-12(16(13)19)7-6-11-5-4-8-17-14(11)15/h4-9H,1-3H3,(H,18,19). The summed E-state index contributed by atoms with van der Waals surface area (Å²) in [5.41, 5.74) is 3.61. The lowest BCUT2D eigenvalue weighted by Gasteiger charge is -2.11. The Hall–Kier alpha value is -2.16. The zero-order chi connectivity index (χ0) is 13.6. The summed E-state index contributed by atoms with van der Waals surface area (Å²) in [6, 6.07) is 7.76. The van der Waals surface area contributed by atoms with Gasteiger partial charge in [-0.3, -0.25) is 9.78 Å². The molecule has 3 rings (SSSR count). The highest BCUT2D eigenvalue weighted by molar-refractivity contribution is 6.02. The van der Waals surface area contributed by atoms with Crippen LogP contribution >= 0.6 is 0 Å². The van der Waals surface area contributed by atoms with Crippen LogP contribution in [0.3, 0.4) is 0 Å². The van der Waals surface area contributed by atoms with E-state index in [0.29, 0.717) is 0 Å². The van der Waals surface area contributed by atoms with Gasteiger partial charge in [0.25, 0.3) is 0 Å². The molecular weight excluding hydrogens is 236 g/mol. The molecule has 0 amide bonds. The average molecular weight is 252 g/mol.